The molecule has 3 aliphatic rings. The molecular weight excluding hydrogens is 232 g/mol. The van der Waals surface area contributed by atoms with Gasteiger partial charge in [0.1, 0.15) is 12.2 Å². The van der Waals surface area contributed by atoms with E-state index in [2.05, 4.69) is 6.92 Å². The largest absolute Gasteiger partial charge is 0.458 e. The Kier molecular flexibility index (Phi) is 2.48. The molecule has 1 saturated heterocycles. The van der Waals surface area contributed by atoms with E-state index in [-0.39, 0.29) is 47.3 Å². The van der Waals surface area contributed by atoms with Gasteiger partial charge < -0.3 is 9.47 Å². The van der Waals surface area contributed by atoms with Crippen LogP contribution in [-0.4, -0.2) is 24.1 Å². The molecule has 1 aliphatic heterocycles. The fourth-order valence-electron chi connectivity index (χ4n) is 3.86. The number of ether oxygens (including phenoxy) is 2. The average molecular weight is 252 g/mol. The van der Waals surface area contributed by atoms with Gasteiger partial charge in [-0.3, -0.25) is 9.59 Å². The van der Waals surface area contributed by atoms with Gasteiger partial charge in [-0.1, -0.05) is 20.8 Å². The summed E-state index contributed by atoms with van der Waals surface area (Å²) in [6.07, 6.45) is 2.12. The molecular formula is C14H20O4. The predicted molar refractivity (Wildman–Crippen MR) is 63.5 cm³/mol. The van der Waals surface area contributed by atoms with Crippen LogP contribution in [0.4, 0.5) is 0 Å². The van der Waals surface area contributed by atoms with Crippen LogP contribution in [-0.2, 0) is 19.1 Å². The molecule has 100 valence electrons. The molecule has 2 aliphatic carbocycles. The highest BCUT2D eigenvalue weighted by Gasteiger charge is 2.68. The lowest BCUT2D eigenvalue weighted by molar-refractivity contribution is -0.169. The molecule has 1 heterocycles. The number of fused-ring (bicyclic) bond motifs is 1. The van der Waals surface area contributed by atoms with E-state index in [1.165, 1.54) is 0 Å². The van der Waals surface area contributed by atoms with Crippen molar-refractivity contribution in [2.24, 2.45) is 23.2 Å². The van der Waals surface area contributed by atoms with Crippen molar-refractivity contribution < 1.29 is 19.1 Å². The normalized spacial score (nSPS) is 46.1. The van der Waals surface area contributed by atoms with Crippen molar-refractivity contribution in [1.29, 1.82) is 0 Å². The zero-order chi connectivity index (χ0) is 13.1. The van der Waals surface area contributed by atoms with E-state index in [1.54, 1.807) is 0 Å². The van der Waals surface area contributed by atoms with E-state index in [9.17, 15) is 9.59 Å². The minimum Gasteiger partial charge on any atom is -0.458 e. The molecule has 0 N–H and O–H groups in total. The zero-order valence-electron chi connectivity index (χ0n) is 11.1. The first-order valence-corrected chi connectivity index (χ1v) is 6.87. The number of hydrogen-bond acceptors (Lipinski definition) is 4. The van der Waals surface area contributed by atoms with Gasteiger partial charge in [-0.15, -0.1) is 0 Å². The second-order valence-electron chi connectivity index (χ2n) is 6.40. The van der Waals surface area contributed by atoms with Gasteiger partial charge in [0, 0.05) is 11.3 Å². The minimum absolute atomic E-state index is 0.0542. The van der Waals surface area contributed by atoms with Crippen LogP contribution in [0.3, 0.4) is 0 Å². The topological polar surface area (TPSA) is 52.6 Å². The molecule has 0 aromatic rings. The van der Waals surface area contributed by atoms with Crippen LogP contribution in [0.25, 0.3) is 0 Å². The van der Waals surface area contributed by atoms with Gasteiger partial charge in [0.25, 0.3) is 0 Å². The van der Waals surface area contributed by atoms with Crippen molar-refractivity contribution >= 4 is 11.9 Å². The molecule has 3 fully saturated rings. The summed E-state index contributed by atoms with van der Waals surface area (Å²) in [7, 11) is 0. The van der Waals surface area contributed by atoms with Gasteiger partial charge in [-0.2, -0.15) is 0 Å². The molecule has 18 heavy (non-hydrogen) atoms. The number of carbonyl (C=O) groups excluding carboxylic acids is 2. The van der Waals surface area contributed by atoms with Crippen LogP contribution in [0.2, 0.25) is 0 Å². The van der Waals surface area contributed by atoms with Crippen molar-refractivity contribution in [3.8, 4) is 0 Å². The van der Waals surface area contributed by atoms with Crippen molar-refractivity contribution in [2.75, 3.05) is 0 Å². The Balaban J connectivity index is 1.78. The Hall–Kier alpha value is -1.06. The lowest BCUT2D eigenvalue weighted by Crippen LogP contribution is -2.42. The smallest absolute Gasteiger partial charge is 0.309 e. The van der Waals surface area contributed by atoms with E-state index in [0.717, 1.165) is 19.3 Å². The fraction of sp³-hybridized carbons (Fsp3) is 0.857. The van der Waals surface area contributed by atoms with Gasteiger partial charge in [0.15, 0.2) is 0 Å². The highest BCUT2D eigenvalue weighted by molar-refractivity contribution is 5.77. The third-order valence-electron chi connectivity index (χ3n) is 5.13. The molecule has 4 nitrogen and oxygen atoms in total. The van der Waals surface area contributed by atoms with E-state index < -0.39 is 0 Å². The summed E-state index contributed by atoms with van der Waals surface area (Å²) in [5, 5.41) is 0. The second kappa shape index (κ2) is 3.72. The highest BCUT2D eigenvalue weighted by Crippen LogP contribution is 2.62. The van der Waals surface area contributed by atoms with E-state index in [0.29, 0.717) is 0 Å². The third kappa shape index (κ3) is 1.44. The summed E-state index contributed by atoms with van der Waals surface area (Å²) in [6, 6.07) is 0. The van der Waals surface area contributed by atoms with Crippen LogP contribution in [0.1, 0.15) is 40.0 Å². The van der Waals surface area contributed by atoms with Gasteiger partial charge in [0.05, 0.1) is 11.8 Å². The Labute approximate surface area is 107 Å². The number of carbonyl (C=O) groups is 2. The van der Waals surface area contributed by atoms with Crippen LogP contribution >= 0.6 is 0 Å². The third-order valence-corrected chi connectivity index (χ3v) is 5.13. The summed E-state index contributed by atoms with van der Waals surface area (Å²) in [4.78, 5) is 23.6. The molecule has 0 aromatic carbocycles. The van der Waals surface area contributed by atoms with Gasteiger partial charge in [0.2, 0.25) is 0 Å². The molecule has 0 radical (unpaired) electrons. The van der Waals surface area contributed by atoms with Gasteiger partial charge >= 0.3 is 11.9 Å². The second-order valence-corrected chi connectivity index (χ2v) is 6.40. The zero-order valence-corrected chi connectivity index (χ0v) is 11.1. The molecule has 0 spiro atoms. The summed E-state index contributed by atoms with van der Waals surface area (Å²) < 4.78 is 11.1. The Bertz CT molecular complexity index is 405. The van der Waals surface area contributed by atoms with Crippen molar-refractivity contribution in [3.05, 3.63) is 0 Å². The number of hydrogen-bond donors (Lipinski definition) is 0. The maximum absolute atomic E-state index is 11.9. The van der Waals surface area contributed by atoms with Crippen molar-refractivity contribution in [3.63, 3.8) is 0 Å². The maximum Gasteiger partial charge on any atom is 0.309 e. The SMILES string of the molecule is CCC(C)C(=O)OC1C2OC(=O)C3CC1(C)CC32. The first-order chi connectivity index (χ1) is 8.46. The van der Waals surface area contributed by atoms with Crippen molar-refractivity contribution in [1.82, 2.24) is 0 Å². The first kappa shape index (κ1) is 12.0. The summed E-state index contributed by atoms with van der Waals surface area (Å²) >= 11 is 0. The standard InChI is InChI=1S/C14H20O4/c1-4-7(2)12(15)18-11-10-8-5-14(11,3)6-9(8)13(16)17-10/h7-11H,4-6H2,1-3H3. The van der Waals surface area contributed by atoms with Crippen LogP contribution in [0, 0.1) is 23.2 Å². The van der Waals surface area contributed by atoms with Crippen LogP contribution in [0.5, 0.6) is 0 Å². The van der Waals surface area contributed by atoms with E-state index in [1.807, 2.05) is 13.8 Å². The van der Waals surface area contributed by atoms with Crippen molar-refractivity contribution in [2.45, 2.75) is 52.2 Å². The molecule has 6 unspecified atom stereocenters. The fourth-order valence-corrected chi connectivity index (χ4v) is 3.86. The first-order valence-electron chi connectivity index (χ1n) is 6.87. The Morgan fingerprint density at radius 3 is 2.94 bits per heavy atom. The van der Waals surface area contributed by atoms with E-state index >= 15 is 0 Å². The Morgan fingerprint density at radius 2 is 2.28 bits per heavy atom. The van der Waals surface area contributed by atoms with Crippen LogP contribution in [0.15, 0.2) is 0 Å². The predicted octanol–water partition coefficient (Wildman–Crippen LogP) is 1.92. The summed E-state index contributed by atoms with van der Waals surface area (Å²) in [5.74, 6) is 0.00278. The molecule has 2 bridgehead atoms. The van der Waals surface area contributed by atoms with E-state index in [4.69, 9.17) is 9.47 Å². The summed E-state index contributed by atoms with van der Waals surface area (Å²) in [6.45, 7) is 5.97. The number of esters is 2. The molecule has 3 rings (SSSR count). The molecule has 0 amide bonds. The van der Waals surface area contributed by atoms with Crippen LogP contribution < -0.4 is 0 Å². The Morgan fingerprint density at radius 1 is 1.56 bits per heavy atom. The monoisotopic (exact) mass is 252 g/mol. The quantitative estimate of drug-likeness (QED) is 0.720. The minimum atomic E-state index is -0.230. The summed E-state index contributed by atoms with van der Waals surface area (Å²) in [5.41, 5.74) is -0.0602. The molecule has 0 aromatic heterocycles. The highest BCUT2D eigenvalue weighted by atomic mass is 16.6. The molecule has 6 atom stereocenters. The number of rotatable bonds is 3. The lowest BCUT2D eigenvalue weighted by Gasteiger charge is -2.33. The lowest BCUT2D eigenvalue weighted by atomic mass is 9.79. The molecule has 4 heteroatoms. The maximum atomic E-state index is 11.9. The van der Waals surface area contributed by atoms with Gasteiger partial charge in [-0.25, -0.2) is 0 Å². The average Bonchev–Trinajstić information content (AvgIpc) is 2.87. The van der Waals surface area contributed by atoms with Gasteiger partial charge in [-0.05, 0) is 19.3 Å². The molecule has 2 saturated carbocycles.